The highest BCUT2D eigenvalue weighted by Gasteiger charge is 2.36. The van der Waals surface area contributed by atoms with Crippen molar-refractivity contribution in [3.8, 4) is 0 Å². The van der Waals surface area contributed by atoms with Crippen molar-refractivity contribution in [2.45, 2.75) is 69.6 Å². The minimum Gasteiger partial charge on any atom is -0.391 e. The highest BCUT2D eigenvalue weighted by atomic mass is 16.3. The molecule has 1 N–H and O–H groups in total. The Labute approximate surface area is 115 Å². The van der Waals surface area contributed by atoms with Crippen LogP contribution in [0.15, 0.2) is 0 Å². The minimum absolute atomic E-state index is 0.151. The standard InChI is InChI=1S/C15H26N2O2/c18-14-7-2-1-6-13(14)16-9-3-5-12(11-16)17-10-4-8-15(17)19/h12-14,18H,1-11H2. The topological polar surface area (TPSA) is 43.8 Å². The molecule has 19 heavy (non-hydrogen) atoms. The van der Waals surface area contributed by atoms with Crippen molar-refractivity contribution in [2.75, 3.05) is 19.6 Å². The third-order valence-corrected chi connectivity index (χ3v) is 5.14. The second kappa shape index (κ2) is 5.80. The fraction of sp³-hybridized carbons (Fsp3) is 0.933. The van der Waals surface area contributed by atoms with Crippen molar-refractivity contribution >= 4 is 5.91 Å². The van der Waals surface area contributed by atoms with Crippen LogP contribution < -0.4 is 0 Å². The summed E-state index contributed by atoms with van der Waals surface area (Å²) in [5, 5.41) is 10.2. The molecule has 1 amide bonds. The zero-order valence-corrected chi connectivity index (χ0v) is 11.8. The first-order chi connectivity index (χ1) is 9.25. The molecule has 108 valence electrons. The van der Waals surface area contributed by atoms with Crippen molar-refractivity contribution < 1.29 is 9.90 Å². The first kappa shape index (κ1) is 13.4. The van der Waals surface area contributed by atoms with Gasteiger partial charge in [0.15, 0.2) is 0 Å². The van der Waals surface area contributed by atoms with Crippen LogP contribution in [0.25, 0.3) is 0 Å². The quantitative estimate of drug-likeness (QED) is 0.821. The zero-order chi connectivity index (χ0) is 13.2. The number of hydrogen-bond donors (Lipinski definition) is 1. The Balaban J connectivity index is 1.62. The van der Waals surface area contributed by atoms with Crippen molar-refractivity contribution in [1.82, 2.24) is 9.80 Å². The lowest BCUT2D eigenvalue weighted by Crippen LogP contribution is -2.54. The number of likely N-dealkylation sites (tertiary alicyclic amines) is 2. The van der Waals surface area contributed by atoms with Crippen molar-refractivity contribution in [3.05, 3.63) is 0 Å². The molecule has 4 nitrogen and oxygen atoms in total. The summed E-state index contributed by atoms with van der Waals surface area (Å²) >= 11 is 0. The molecule has 0 bridgehead atoms. The van der Waals surface area contributed by atoms with E-state index in [1.54, 1.807) is 0 Å². The van der Waals surface area contributed by atoms with Crippen LogP contribution in [0.4, 0.5) is 0 Å². The Bertz CT molecular complexity index is 334. The van der Waals surface area contributed by atoms with Crippen LogP contribution in [0.5, 0.6) is 0 Å². The first-order valence-corrected chi connectivity index (χ1v) is 7.97. The Morgan fingerprint density at radius 1 is 1.00 bits per heavy atom. The molecule has 3 aliphatic rings. The van der Waals surface area contributed by atoms with E-state index in [1.807, 2.05) is 0 Å². The van der Waals surface area contributed by atoms with E-state index in [4.69, 9.17) is 0 Å². The van der Waals surface area contributed by atoms with Crippen LogP contribution in [0.2, 0.25) is 0 Å². The predicted molar refractivity (Wildman–Crippen MR) is 73.8 cm³/mol. The van der Waals surface area contributed by atoms with Gasteiger partial charge in [-0.15, -0.1) is 0 Å². The maximum absolute atomic E-state index is 11.9. The zero-order valence-electron chi connectivity index (χ0n) is 11.8. The van der Waals surface area contributed by atoms with Gasteiger partial charge < -0.3 is 10.0 Å². The number of carbonyl (C=O) groups is 1. The van der Waals surface area contributed by atoms with Gasteiger partial charge in [0.25, 0.3) is 0 Å². The molecule has 0 radical (unpaired) electrons. The van der Waals surface area contributed by atoms with Gasteiger partial charge in [-0.3, -0.25) is 9.69 Å². The molecular formula is C15H26N2O2. The van der Waals surface area contributed by atoms with E-state index in [9.17, 15) is 9.90 Å². The lowest BCUT2D eigenvalue weighted by atomic mass is 9.89. The van der Waals surface area contributed by atoms with E-state index >= 15 is 0 Å². The molecule has 0 aromatic heterocycles. The van der Waals surface area contributed by atoms with Gasteiger partial charge in [0.1, 0.15) is 0 Å². The SMILES string of the molecule is O=C1CCCN1C1CCCN(C2CCCCC2O)C1. The molecule has 0 aromatic carbocycles. The highest BCUT2D eigenvalue weighted by molar-refractivity contribution is 5.78. The number of carbonyl (C=O) groups excluding carboxylic acids is 1. The van der Waals surface area contributed by atoms with Gasteiger partial charge in [-0.2, -0.15) is 0 Å². The minimum atomic E-state index is -0.151. The van der Waals surface area contributed by atoms with Crippen LogP contribution in [0.1, 0.15) is 51.4 Å². The van der Waals surface area contributed by atoms with E-state index in [0.29, 0.717) is 18.0 Å². The number of nitrogens with zero attached hydrogens (tertiary/aromatic N) is 2. The largest absolute Gasteiger partial charge is 0.391 e. The third kappa shape index (κ3) is 2.79. The average Bonchev–Trinajstić information content (AvgIpc) is 2.86. The molecule has 3 rings (SSSR count). The summed E-state index contributed by atoms with van der Waals surface area (Å²) in [5.74, 6) is 0.344. The smallest absolute Gasteiger partial charge is 0.222 e. The summed E-state index contributed by atoms with van der Waals surface area (Å²) < 4.78 is 0. The van der Waals surface area contributed by atoms with Crippen LogP contribution in [0, 0.1) is 0 Å². The molecule has 2 saturated heterocycles. The molecule has 3 fully saturated rings. The number of aliphatic hydroxyl groups excluding tert-OH is 1. The lowest BCUT2D eigenvalue weighted by molar-refractivity contribution is -0.131. The van der Waals surface area contributed by atoms with E-state index in [0.717, 1.165) is 58.2 Å². The van der Waals surface area contributed by atoms with Gasteiger partial charge in [0, 0.05) is 31.6 Å². The molecule has 2 heterocycles. The summed E-state index contributed by atoms with van der Waals surface area (Å²) in [5.41, 5.74) is 0. The van der Waals surface area contributed by atoms with Gasteiger partial charge in [-0.05, 0) is 38.6 Å². The molecular weight excluding hydrogens is 240 g/mol. The van der Waals surface area contributed by atoms with Crippen molar-refractivity contribution in [3.63, 3.8) is 0 Å². The van der Waals surface area contributed by atoms with Gasteiger partial charge in [-0.25, -0.2) is 0 Å². The van der Waals surface area contributed by atoms with Gasteiger partial charge in [-0.1, -0.05) is 12.8 Å². The van der Waals surface area contributed by atoms with Crippen LogP contribution in [-0.4, -0.2) is 58.6 Å². The second-order valence-corrected chi connectivity index (χ2v) is 6.40. The fourth-order valence-electron chi connectivity index (χ4n) is 4.11. The van der Waals surface area contributed by atoms with Crippen molar-refractivity contribution in [2.24, 2.45) is 0 Å². The Kier molecular flexibility index (Phi) is 4.08. The normalized spacial score (nSPS) is 37.8. The maximum Gasteiger partial charge on any atom is 0.222 e. The Hall–Kier alpha value is -0.610. The molecule has 2 aliphatic heterocycles. The molecule has 3 atom stereocenters. The first-order valence-electron chi connectivity index (χ1n) is 7.97. The number of rotatable bonds is 2. The Morgan fingerprint density at radius 2 is 1.84 bits per heavy atom. The molecule has 1 aliphatic carbocycles. The van der Waals surface area contributed by atoms with Gasteiger partial charge in [0.2, 0.25) is 5.91 Å². The van der Waals surface area contributed by atoms with Crippen molar-refractivity contribution in [1.29, 1.82) is 0 Å². The van der Waals surface area contributed by atoms with Crippen LogP contribution in [0.3, 0.4) is 0 Å². The lowest BCUT2D eigenvalue weighted by Gasteiger charge is -2.44. The average molecular weight is 266 g/mol. The Morgan fingerprint density at radius 3 is 2.58 bits per heavy atom. The molecule has 3 unspecified atom stereocenters. The number of aliphatic hydroxyl groups is 1. The monoisotopic (exact) mass is 266 g/mol. The predicted octanol–water partition coefficient (Wildman–Crippen LogP) is 1.38. The number of piperidine rings is 1. The number of hydrogen-bond acceptors (Lipinski definition) is 3. The van der Waals surface area contributed by atoms with E-state index in [-0.39, 0.29) is 6.10 Å². The summed E-state index contributed by atoms with van der Waals surface area (Å²) in [6.07, 6.45) is 8.41. The molecule has 1 saturated carbocycles. The summed E-state index contributed by atoms with van der Waals surface area (Å²) in [4.78, 5) is 16.4. The van der Waals surface area contributed by atoms with E-state index in [2.05, 4.69) is 9.80 Å². The van der Waals surface area contributed by atoms with Crippen LogP contribution in [-0.2, 0) is 4.79 Å². The van der Waals surface area contributed by atoms with Crippen LogP contribution >= 0.6 is 0 Å². The summed E-state index contributed by atoms with van der Waals surface area (Å²) in [6, 6.07) is 0.743. The molecule has 4 heteroatoms. The van der Waals surface area contributed by atoms with Gasteiger partial charge >= 0.3 is 0 Å². The summed E-state index contributed by atoms with van der Waals surface area (Å²) in [6.45, 7) is 3.03. The van der Waals surface area contributed by atoms with Gasteiger partial charge in [0.05, 0.1) is 6.10 Å². The fourth-order valence-corrected chi connectivity index (χ4v) is 4.11. The highest BCUT2D eigenvalue weighted by Crippen LogP contribution is 2.28. The van der Waals surface area contributed by atoms with E-state index < -0.39 is 0 Å². The third-order valence-electron chi connectivity index (χ3n) is 5.14. The summed E-state index contributed by atoms with van der Waals surface area (Å²) in [7, 11) is 0. The maximum atomic E-state index is 11.9. The number of amides is 1. The molecule has 0 spiro atoms. The second-order valence-electron chi connectivity index (χ2n) is 6.40. The van der Waals surface area contributed by atoms with E-state index in [1.165, 1.54) is 12.8 Å². The molecule has 0 aromatic rings.